The Morgan fingerprint density at radius 3 is 2.72 bits per heavy atom. The number of aromatic nitrogens is 3. The molecule has 1 N–H and O–H groups in total. The monoisotopic (exact) mass is 381 g/mol. The number of nitrogens with one attached hydrogen (secondary N) is 1. The first kappa shape index (κ1) is 17.3. The number of nitrogens with zero attached hydrogens (tertiary/aromatic N) is 4. The van der Waals surface area contributed by atoms with Crippen molar-refractivity contribution in [3.8, 4) is 0 Å². The number of hydrogen-bond acceptors (Lipinski definition) is 5. The Bertz CT molecular complexity index is 1200. The topological polar surface area (TPSA) is 71.0 Å². The predicted octanol–water partition coefficient (Wildman–Crippen LogP) is 3.84. The second-order valence-corrected chi connectivity index (χ2v) is 7.04. The molecule has 2 aromatic heterocycles. The molecule has 0 spiro atoms. The van der Waals surface area contributed by atoms with E-state index in [9.17, 15) is 4.79 Å². The van der Waals surface area contributed by atoms with Gasteiger partial charge in [-0.2, -0.15) is 0 Å². The van der Waals surface area contributed by atoms with Crippen LogP contribution in [0, 0.1) is 0 Å². The van der Waals surface area contributed by atoms with Crippen molar-refractivity contribution in [3.63, 3.8) is 0 Å². The normalized spacial score (nSPS) is 13.2. The molecule has 2 aromatic carbocycles. The minimum atomic E-state index is -0.274. The van der Waals surface area contributed by atoms with Crippen LogP contribution in [0.3, 0.4) is 0 Å². The highest BCUT2D eigenvalue weighted by atomic mass is 16.1. The van der Waals surface area contributed by atoms with Gasteiger partial charge in [-0.1, -0.05) is 42.5 Å². The molecule has 1 aliphatic heterocycles. The van der Waals surface area contributed by atoms with Gasteiger partial charge >= 0.3 is 0 Å². The molecule has 142 valence electrons. The largest absolute Gasteiger partial charge is 0.352 e. The number of carbonyl (C=O) groups excluding carboxylic acids is 1. The third-order valence-electron chi connectivity index (χ3n) is 5.22. The van der Waals surface area contributed by atoms with Gasteiger partial charge in [0.2, 0.25) is 0 Å². The lowest BCUT2D eigenvalue weighted by molar-refractivity contribution is 0.102. The van der Waals surface area contributed by atoms with E-state index in [-0.39, 0.29) is 5.91 Å². The predicted molar refractivity (Wildman–Crippen MR) is 113 cm³/mol. The summed E-state index contributed by atoms with van der Waals surface area (Å²) in [6, 6.07) is 19.7. The van der Waals surface area contributed by atoms with Gasteiger partial charge in [-0.15, -0.1) is 0 Å². The van der Waals surface area contributed by atoms with E-state index in [1.54, 1.807) is 12.3 Å². The highest BCUT2D eigenvalue weighted by Crippen LogP contribution is 2.24. The molecule has 6 heteroatoms. The molecule has 5 rings (SSSR count). The fourth-order valence-electron chi connectivity index (χ4n) is 3.73. The van der Waals surface area contributed by atoms with Crippen LogP contribution in [0.2, 0.25) is 0 Å². The number of pyridine rings is 1. The molecule has 6 nitrogen and oxygen atoms in total. The molecule has 29 heavy (non-hydrogen) atoms. The molecule has 0 saturated carbocycles. The Kier molecular flexibility index (Phi) is 4.37. The summed E-state index contributed by atoms with van der Waals surface area (Å²) < 4.78 is 0. The van der Waals surface area contributed by atoms with Gasteiger partial charge in [0.15, 0.2) is 0 Å². The van der Waals surface area contributed by atoms with E-state index in [0.29, 0.717) is 11.4 Å². The van der Waals surface area contributed by atoms with Crippen LogP contribution in [0.4, 0.5) is 11.5 Å². The molecule has 0 unspecified atom stereocenters. The fraction of sp³-hybridized carbons (Fsp3) is 0.130. The summed E-state index contributed by atoms with van der Waals surface area (Å²) in [7, 11) is 0. The molecule has 0 radical (unpaired) electrons. The smallest absolute Gasteiger partial charge is 0.274 e. The van der Waals surface area contributed by atoms with E-state index >= 15 is 0 Å². The number of hydrogen-bond donors (Lipinski definition) is 1. The third kappa shape index (κ3) is 3.40. The van der Waals surface area contributed by atoms with Crippen LogP contribution in [0.15, 0.2) is 73.2 Å². The standard InChI is InChI=1S/C23H19N5O/c29-23(27-19-9-3-7-17-8-4-11-24-22(17)19)20-13-21(26-15-25-20)28-12-10-16-5-1-2-6-18(16)14-28/h1-9,11,13,15H,10,12,14H2,(H,27,29). The summed E-state index contributed by atoms with van der Waals surface area (Å²) in [6.07, 6.45) is 4.13. The first-order valence-electron chi connectivity index (χ1n) is 9.57. The van der Waals surface area contributed by atoms with Crippen molar-refractivity contribution in [1.29, 1.82) is 0 Å². The van der Waals surface area contributed by atoms with Crippen molar-refractivity contribution in [2.24, 2.45) is 0 Å². The second kappa shape index (κ2) is 7.31. The quantitative estimate of drug-likeness (QED) is 0.584. The fourth-order valence-corrected chi connectivity index (χ4v) is 3.73. The molecule has 0 bridgehead atoms. The van der Waals surface area contributed by atoms with Crippen molar-refractivity contribution in [3.05, 3.63) is 90.0 Å². The molecule has 1 amide bonds. The Labute approximate surface area is 168 Å². The lowest BCUT2D eigenvalue weighted by Gasteiger charge is -2.29. The molecule has 0 fully saturated rings. The summed E-state index contributed by atoms with van der Waals surface area (Å²) in [5.41, 5.74) is 4.43. The highest BCUT2D eigenvalue weighted by molar-refractivity contribution is 6.07. The van der Waals surface area contributed by atoms with Gasteiger partial charge in [0.25, 0.3) is 5.91 Å². The van der Waals surface area contributed by atoms with E-state index in [1.807, 2.05) is 30.3 Å². The number of benzene rings is 2. The van der Waals surface area contributed by atoms with Crippen molar-refractivity contribution in [1.82, 2.24) is 15.0 Å². The maximum absolute atomic E-state index is 12.8. The van der Waals surface area contributed by atoms with E-state index in [0.717, 1.165) is 36.2 Å². The number of amides is 1. The summed E-state index contributed by atoms with van der Waals surface area (Å²) in [6.45, 7) is 1.64. The Morgan fingerprint density at radius 1 is 0.931 bits per heavy atom. The molecule has 3 heterocycles. The van der Waals surface area contributed by atoms with E-state index in [2.05, 4.69) is 49.4 Å². The Balaban J connectivity index is 1.39. The van der Waals surface area contributed by atoms with Crippen molar-refractivity contribution < 1.29 is 4.79 Å². The van der Waals surface area contributed by atoms with Crippen LogP contribution in [0.1, 0.15) is 21.6 Å². The van der Waals surface area contributed by atoms with E-state index < -0.39 is 0 Å². The second-order valence-electron chi connectivity index (χ2n) is 7.04. The van der Waals surface area contributed by atoms with Gasteiger partial charge < -0.3 is 10.2 Å². The first-order chi connectivity index (χ1) is 14.3. The van der Waals surface area contributed by atoms with Crippen molar-refractivity contribution in [2.75, 3.05) is 16.8 Å². The zero-order valence-corrected chi connectivity index (χ0v) is 15.7. The molecule has 0 atom stereocenters. The van der Waals surface area contributed by atoms with E-state index in [4.69, 9.17) is 0 Å². The summed E-state index contributed by atoms with van der Waals surface area (Å²) in [5.74, 6) is 0.486. The van der Waals surface area contributed by atoms with Gasteiger partial charge in [-0.05, 0) is 29.7 Å². The summed E-state index contributed by atoms with van der Waals surface area (Å²) in [4.78, 5) is 28.0. The van der Waals surface area contributed by atoms with Gasteiger partial charge in [0.1, 0.15) is 17.8 Å². The number of carbonyl (C=O) groups is 1. The van der Waals surface area contributed by atoms with Gasteiger partial charge in [0, 0.05) is 30.7 Å². The average molecular weight is 381 g/mol. The van der Waals surface area contributed by atoms with Crippen LogP contribution in [-0.4, -0.2) is 27.4 Å². The maximum atomic E-state index is 12.8. The van der Waals surface area contributed by atoms with Crippen LogP contribution in [0.5, 0.6) is 0 Å². The average Bonchev–Trinajstić information content (AvgIpc) is 2.79. The molecular weight excluding hydrogens is 362 g/mol. The molecule has 0 aliphatic carbocycles. The number of fused-ring (bicyclic) bond motifs is 2. The minimum absolute atomic E-state index is 0.274. The highest BCUT2D eigenvalue weighted by Gasteiger charge is 2.19. The molecular formula is C23H19N5O. The van der Waals surface area contributed by atoms with Crippen molar-refractivity contribution in [2.45, 2.75) is 13.0 Å². The number of rotatable bonds is 3. The summed E-state index contributed by atoms with van der Waals surface area (Å²) in [5, 5.41) is 3.91. The van der Waals surface area contributed by atoms with Crippen LogP contribution in [-0.2, 0) is 13.0 Å². The minimum Gasteiger partial charge on any atom is -0.352 e. The lowest BCUT2D eigenvalue weighted by atomic mass is 10.00. The van der Waals surface area contributed by atoms with Gasteiger partial charge in [-0.25, -0.2) is 9.97 Å². The SMILES string of the molecule is O=C(Nc1cccc2cccnc12)c1cc(N2CCc3ccccc3C2)ncn1. The summed E-state index contributed by atoms with van der Waals surface area (Å²) >= 11 is 0. The molecule has 0 saturated heterocycles. The third-order valence-corrected chi connectivity index (χ3v) is 5.22. The molecule has 4 aromatic rings. The van der Waals surface area contributed by atoms with E-state index in [1.165, 1.54) is 17.5 Å². The van der Waals surface area contributed by atoms with Crippen molar-refractivity contribution >= 4 is 28.3 Å². The van der Waals surface area contributed by atoms with Crippen LogP contribution >= 0.6 is 0 Å². The van der Waals surface area contributed by atoms with Gasteiger partial charge in [-0.3, -0.25) is 9.78 Å². The van der Waals surface area contributed by atoms with Crippen LogP contribution in [0.25, 0.3) is 10.9 Å². The number of anilines is 2. The maximum Gasteiger partial charge on any atom is 0.274 e. The Hall–Kier alpha value is -3.80. The number of para-hydroxylation sites is 1. The molecule has 1 aliphatic rings. The zero-order chi connectivity index (χ0) is 19.6. The van der Waals surface area contributed by atoms with Crippen LogP contribution < -0.4 is 10.2 Å². The lowest BCUT2D eigenvalue weighted by Crippen LogP contribution is -2.31. The first-order valence-corrected chi connectivity index (χ1v) is 9.57. The Morgan fingerprint density at radius 2 is 1.79 bits per heavy atom. The zero-order valence-electron chi connectivity index (χ0n) is 15.7. The van der Waals surface area contributed by atoms with Gasteiger partial charge in [0.05, 0.1) is 11.2 Å².